The van der Waals surface area contributed by atoms with Crippen molar-refractivity contribution in [2.45, 2.75) is 6.61 Å². The van der Waals surface area contributed by atoms with Crippen LogP contribution in [0.5, 0.6) is 16.7 Å². The lowest BCUT2D eigenvalue weighted by atomic mass is 10.2. The van der Waals surface area contributed by atoms with Gasteiger partial charge < -0.3 is 23.7 Å². The molecule has 5 rings (SSSR count). The Morgan fingerprint density at radius 3 is 2.79 bits per heavy atom. The van der Waals surface area contributed by atoms with Gasteiger partial charge in [-0.05, 0) is 35.1 Å². The summed E-state index contributed by atoms with van der Waals surface area (Å²) in [6, 6.07) is 12.6. The van der Waals surface area contributed by atoms with Crippen molar-refractivity contribution in [1.82, 2.24) is 14.6 Å². The Morgan fingerprint density at radius 1 is 1.21 bits per heavy atom. The molecule has 34 heavy (non-hydrogen) atoms. The second-order valence-corrected chi connectivity index (χ2v) is 8.29. The molecule has 11 heteroatoms. The number of hydrogen-bond acceptors (Lipinski definition) is 8. The zero-order chi connectivity index (χ0) is 23.8. The van der Waals surface area contributed by atoms with Crippen molar-refractivity contribution in [2.75, 3.05) is 26.2 Å². The first-order valence-electron chi connectivity index (χ1n) is 10.2. The van der Waals surface area contributed by atoms with E-state index in [2.05, 4.69) is 10.1 Å². The number of carbonyl (C=O) groups is 1. The summed E-state index contributed by atoms with van der Waals surface area (Å²) >= 11 is 1.33. The number of amides is 1. The monoisotopic (exact) mass is 480 g/mol. The van der Waals surface area contributed by atoms with Gasteiger partial charge in [-0.1, -0.05) is 12.1 Å². The van der Waals surface area contributed by atoms with Crippen molar-refractivity contribution >= 4 is 39.0 Å². The molecule has 0 aliphatic heterocycles. The zero-order valence-electron chi connectivity index (χ0n) is 18.5. The molecule has 5 aromatic rings. The first kappa shape index (κ1) is 21.6. The Kier molecular flexibility index (Phi) is 5.46. The van der Waals surface area contributed by atoms with Crippen molar-refractivity contribution < 1.29 is 28.5 Å². The number of aromatic nitrogens is 3. The summed E-state index contributed by atoms with van der Waals surface area (Å²) in [6.45, 7) is 0.230. The van der Waals surface area contributed by atoms with E-state index in [0.717, 1.165) is 15.8 Å². The second kappa shape index (κ2) is 8.60. The molecule has 0 saturated carbocycles. The van der Waals surface area contributed by atoms with Gasteiger partial charge in [-0.2, -0.15) is 0 Å². The van der Waals surface area contributed by atoms with Crippen molar-refractivity contribution in [3.8, 4) is 28.1 Å². The first-order valence-corrected chi connectivity index (χ1v) is 11.0. The van der Waals surface area contributed by atoms with Gasteiger partial charge in [0.15, 0.2) is 5.76 Å². The maximum atomic E-state index is 11.3. The van der Waals surface area contributed by atoms with E-state index in [1.807, 2.05) is 12.1 Å². The number of imidazole rings is 1. The minimum atomic E-state index is -1.04. The highest BCUT2D eigenvalue weighted by Gasteiger charge is 2.17. The van der Waals surface area contributed by atoms with E-state index in [9.17, 15) is 9.90 Å². The fourth-order valence-corrected chi connectivity index (χ4v) is 4.16. The van der Waals surface area contributed by atoms with Crippen molar-refractivity contribution in [3.05, 3.63) is 54.2 Å². The second-order valence-electron chi connectivity index (χ2n) is 7.37. The molecular formula is C23H20N4O6S. The van der Waals surface area contributed by atoms with Crippen molar-refractivity contribution in [3.63, 3.8) is 0 Å². The summed E-state index contributed by atoms with van der Waals surface area (Å²) in [5, 5.41) is 14.8. The molecule has 3 heterocycles. The maximum Gasteiger partial charge on any atom is 0.411 e. The molecule has 1 N–H and O–H groups in total. The van der Waals surface area contributed by atoms with E-state index in [-0.39, 0.29) is 6.61 Å². The molecule has 0 spiro atoms. The topological polar surface area (TPSA) is 112 Å². The van der Waals surface area contributed by atoms with Crippen LogP contribution in [0.15, 0.2) is 53.1 Å². The van der Waals surface area contributed by atoms with Crippen LogP contribution in [0.2, 0.25) is 0 Å². The van der Waals surface area contributed by atoms with Crippen LogP contribution in [0.25, 0.3) is 27.4 Å². The highest BCUT2D eigenvalue weighted by atomic mass is 32.1. The van der Waals surface area contributed by atoms with Crippen LogP contribution in [0.1, 0.15) is 5.56 Å². The van der Waals surface area contributed by atoms with Crippen LogP contribution >= 0.6 is 11.3 Å². The first-order chi connectivity index (χ1) is 16.4. The molecule has 1 amide bonds. The van der Waals surface area contributed by atoms with Crippen LogP contribution in [-0.4, -0.2) is 47.1 Å². The van der Waals surface area contributed by atoms with Crippen LogP contribution in [0.3, 0.4) is 0 Å². The predicted octanol–water partition coefficient (Wildman–Crippen LogP) is 4.91. The van der Waals surface area contributed by atoms with E-state index in [1.54, 1.807) is 55.3 Å². The van der Waals surface area contributed by atoms with Crippen molar-refractivity contribution in [1.29, 1.82) is 0 Å². The number of ether oxygens (including phenoxy) is 3. The number of anilines is 1. The molecule has 3 aromatic heterocycles. The Balaban J connectivity index is 1.46. The number of methoxy groups -OCH3 is 2. The molecule has 2 aromatic carbocycles. The average Bonchev–Trinajstić information content (AvgIpc) is 3.54. The summed E-state index contributed by atoms with van der Waals surface area (Å²) in [6.07, 6.45) is 0.736. The minimum absolute atomic E-state index is 0.230. The van der Waals surface area contributed by atoms with Crippen molar-refractivity contribution in [2.24, 2.45) is 0 Å². The Morgan fingerprint density at radius 2 is 2.06 bits per heavy atom. The van der Waals surface area contributed by atoms with Gasteiger partial charge in [0.25, 0.3) is 5.19 Å². The molecule has 0 atom stereocenters. The average molecular weight is 481 g/mol. The number of nitrogens with zero attached hydrogens (tertiary/aromatic N) is 4. The standard InChI is InChI=1S/C23H20N4O6S/c1-26(23(28)29)14-6-4-5-13(7-14)12-32-18-8-15(30-2)9-19-16(18)10-20(33-19)17-11-27-21(24-17)34-22(25-27)31-3/h4-11H,12H2,1-3H3,(H,28,29). The lowest BCUT2D eigenvalue weighted by Gasteiger charge is -2.14. The Labute approximate surface area is 197 Å². The summed E-state index contributed by atoms with van der Waals surface area (Å²) in [5.74, 6) is 1.72. The van der Waals surface area contributed by atoms with E-state index >= 15 is 0 Å². The third kappa shape index (κ3) is 3.97. The normalized spacial score (nSPS) is 11.1. The number of rotatable bonds is 7. The molecule has 0 aliphatic carbocycles. The Bertz CT molecular complexity index is 1470. The smallest absolute Gasteiger partial charge is 0.411 e. The number of benzene rings is 2. The van der Waals surface area contributed by atoms with Crippen LogP contribution in [0, 0.1) is 0 Å². The molecule has 0 aliphatic rings. The minimum Gasteiger partial charge on any atom is -0.496 e. The zero-order valence-corrected chi connectivity index (χ0v) is 19.3. The Hall–Kier alpha value is -4.25. The van der Waals surface area contributed by atoms with Gasteiger partial charge in [0.05, 0.1) is 25.8 Å². The number of carboxylic acid groups (broad SMARTS) is 1. The summed E-state index contributed by atoms with van der Waals surface area (Å²) in [7, 11) is 4.63. The van der Waals surface area contributed by atoms with Gasteiger partial charge in [-0.3, -0.25) is 4.90 Å². The molecule has 10 nitrogen and oxygen atoms in total. The summed E-state index contributed by atoms with van der Waals surface area (Å²) in [5.41, 5.74) is 2.59. The predicted molar refractivity (Wildman–Crippen MR) is 126 cm³/mol. The maximum absolute atomic E-state index is 11.3. The van der Waals surface area contributed by atoms with Crippen LogP contribution in [0.4, 0.5) is 10.5 Å². The van der Waals surface area contributed by atoms with E-state index in [1.165, 1.54) is 18.4 Å². The molecule has 174 valence electrons. The van der Waals surface area contributed by atoms with E-state index in [4.69, 9.17) is 18.6 Å². The quantitative estimate of drug-likeness (QED) is 0.350. The third-order valence-corrected chi connectivity index (χ3v) is 6.12. The molecule has 0 bridgehead atoms. The van der Waals surface area contributed by atoms with Gasteiger partial charge in [0.2, 0.25) is 4.96 Å². The van der Waals surface area contributed by atoms with Crippen LogP contribution < -0.4 is 19.1 Å². The molecule has 0 unspecified atom stereocenters. The fraction of sp³-hybridized carbons (Fsp3) is 0.174. The van der Waals surface area contributed by atoms with E-state index < -0.39 is 6.09 Å². The molecular weight excluding hydrogens is 460 g/mol. The molecule has 0 radical (unpaired) electrons. The third-order valence-electron chi connectivity index (χ3n) is 5.24. The van der Waals surface area contributed by atoms with Crippen LogP contribution in [-0.2, 0) is 6.61 Å². The molecule has 0 fully saturated rings. The summed E-state index contributed by atoms with van der Waals surface area (Å²) in [4.78, 5) is 17.7. The van der Waals surface area contributed by atoms with Gasteiger partial charge in [0.1, 0.15) is 29.4 Å². The van der Waals surface area contributed by atoms with E-state index in [0.29, 0.717) is 44.4 Å². The number of fused-ring (bicyclic) bond motifs is 2. The number of hydrogen-bond donors (Lipinski definition) is 1. The highest BCUT2D eigenvalue weighted by Crippen LogP contribution is 2.37. The van der Waals surface area contributed by atoms with Gasteiger partial charge in [-0.25, -0.2) is 14.3 Å². The fourth-order valence-electron chi connectivity index (χ4n) is 3.46. The van der Waals surface area contributed by atoms with Gasteiger partial charge in [-0.15, -0.1) is 5.10 Å². The summed E-state index contributed by atoms with van der Waals surface area (Å²) < 4.78 is 24.4. The lowest BCUT2D eigenvalue weighted by molar-refractivity contribution is 0.203. The van der Waals surface area contributed by atoms with Gasteiger partial charge in [0, 0.05) is 24.9 Å². The SMILES string of the molecule is COc1cc(OCc2cccc(N(C)C(=O)O)c2)c2cc(-c3cn4nc(OC)sc4n3)oc2c1. The molecule has 0 saturated heterocycles. The highest BCUT2D eigenvalue weighted by molar-refractivity contribution is 7.18. The lowest BCUT2D eigenvalue weighted by Crippen LogP contribution is -2.23. The number of furan rings is 1. The van der Waals surface area contributed by atoms with Gasteiger partial charge >= 0.3 is 6.09 Å². The largest absolute Gasteiger partial charge is 0.496 e.